The van der Waals surface area contributed by atoms with Crippen LogP contribution in [0.3, 0.4) is 0 Å². The molecule has 0 amide bonds. The van der Waals surface area contributed by atoms with Crippen LogP contribution in [-0.4, -0.2) is 37.4 Å². The number of Topliss-reactive ketones (excluding diaryl/α,β-unsaturated/α-hetero) is 1. The van der Waals surface area contributed by atoms with E-state index in [2.05, 4.69) is 4.90 Å². The lowest BCUT2D eigenvalue weighted by molar-refractivity contribution is 0.0969. The zero-order valence-corrected chi connectivity index (χ0v) is 20.4. The van der Waals surface area contributed by atoms with Gasteiger partial charge in [0.1, 0.15) is 17.3 Å². The van der Waals surface area contributed by atoms with Gasteiger partial charge in [-0.3, -0.25) is 9.79 Å². The number of rotatable bonds is 8. The second kappa shape index (κ2) is 12.5. The maximum absolute atomic E-state index is 13.4. The predicted molar refractivity (Wildman–Crippen MR) is 133 cm³/mol. The van der Waals surface area contributed by atoms with Crippen LogP contribution in [0.2, 0.25) is 0 Å². The Labute approximate surface area is 196 Å². The summed E-state index contributed by atoms with van der Waals surface area (Å²) < 4.78 is 11.1. The SMILES string of the molecule is Br.CCOc1ccc(C(=O)C(C)N(C2=NCCCCC2)c2ccc(OCC)cc2)cc1. The van der Waals surface area contributed by atoms with Gasteiger partial charge in [-0.15, -0.1) is 17.0 Å². The van der Waals surface area contributed by atoms with Crippen molar-refractivity contribution < 1.29 is 14.3 Å². The number of hydrogen-bond donors (Lipinski definition) is 0. The Bertz CT molecular complexity index is 850. The maximum Gasteiger partial charge on any atom is 0.185 e. The highest BCUT2D eigenvalue weighted by molar-refractivity contribution is 8.93. The summed E-state index contributed by atoms with van der Waals surface area (Å²) in [5.74, 6) is 2.66. The van der Waals surface area contributed by atoms with Crippen LogP contribution in [0.4, 0.5) is 5.69 Å². The van der Waals surface area contributed by atoms with Crippen LogP contribution >= 0.6 is 17.0 Å². The number of nitrogens with zero attached hydrogens (tertiary/aromatic N) is 2. The summed E-state index contributed by atoms with van der Waals surface area (Å²) in [6.07, 6.45) is 4.25. The van der Waals surface area contributed by atoms with Crippen LogP contribution in [0.1, 0.15) is 56.8 Å². The molecule has 31 heavy (non-hydrogen) atoms. The van der Waals surface area contributed by atoms with Crippen molar-refractivity contribution in [2.24, 2.45) is 4.99 Å². The molecule has 5 nitrogen and oxygen atoms in total. The van der Waals surface area contributed by atoms with Crippen molar-refractivity contribution in [1.82, 2.24) is 0 Å². The number of carbonyl (C=O) groups is 1. The van der Waals surface area contributed by atoms with E-state index >= 15 is 0 Å². The fourth-order valence-corrected chi connectivity index (χ4v) is 3.76. The van der Waals surface area contributed by atoms with Gasteiger partial charge in [0.25, 0.3) is 0 Å². The Morgan fingerprint density at radius 1 is 0.935 bits per heavy atom. The Morgan fingerprint density at radius 3 is 2.10 bits per heavy atom. The minimum Gasteiger partial charge on any atom is -0.494 e. The molecule has 6 heteroatoms. The van der Waals surface area contributed by atoms with Crippen molar-refractivity contribution in [1.29, 1.82) is 0 Å². The number of anilines is 1. The third kappa shape index (κ3) is 6.57. The van der Waals surface area contributed by atoms with Crippen LogP contribution in [0.25, 0.3) is 0 Å². The van der Waals surface area contributed by atoms with E-state index in [0.717, 1.165) is 48.8 Å². The number of benzene rings is 2. The molecular weight excluding hydrogens is 456 g/mol. The Balaban J connectivity index is 0.00000341. The predicted octanol–water partition coefficient (Wildman–Crippen LogP) is 6.11. The summed E-state index contributed by atoms with van der Waals surface area (Å²) in [7, 11) is 0. The molecule has 0 saturated heterocycles. The third-order valence-corrected chi connectivity index (χ3v) is 5.27. The van der Waals surface area contributed by atoms with E-state index in [4.69, 9.17) is 14.5 Å². The van der Waals surface area contributed by atoms with E-state index in [1.54, 1.807) is 0 Å². The second-order valence-corrected chi connectivity index (χ2v) is 7.40. The molecule has 1 heterocycles. The van der Waals surface area contributed by atoms with Gasteiger partial charge >= 0.3 is 0 Å². The first-order valence-electron chi connectivity index (χ1n) is 11.0. The monoisotopic (exact) mass is 488 g/mol. The molecule has 168 valence electrons. The zero-order valence-electron chi connectivity index (χ0n) is 18.7. The van der Waals surface area contributed by atoms with Crippen molar-refractivity contribution in [3.05, 3.63) is 54.1 Å². The van der Waals surface area contributed by atoms with E-state index in [-0.39, 0.29) is 28.8 Å². The van der Waals surface area contributed by atoms with Gasteiger partial charge in [-0.05, 0) is 82.1 Å². The number of halogens is 1. The van der Waals surface area contributed by atoms with Gasteiger partial charge in [-0.25, -0.2) is 0 Å². The molecule has 2 aromatic carbocycles. The van der Waals surface area contributed by atoms with Crippen LogP contribution in [0.15, 0.2) is 53.5 Å². The van der Waals surface area contributed by atoms with Gasteiger partial charge in [0.2, 0.25) is 0 Å². The first-order chi connectivity index (χ1) is 14.6. The third-order valence-electron chi connectivity index (χ3n) is 5.27. The summed E-state index contributed by atoms with van der Waals surface area (Å²) in [4.78, 5) is 20.3. The number of aliphatic imine (C=N–C) groups is 1. The molecule has 3 rings (SSSR count). The molecule has 0 N–H and O–H groups in total. The van der Waals surface area contributed by atoms with Crippen LogP contribution < -0.4 is 14.4 Å². The summed E-state index contributed by atoms with van der Waals surface area (Å²) in [6.45, 7) is 7.92. The number of carbonyl (C=O) groups excluding carboxylic acids is 1. The molecule has 0 radical (unpaired) electrons. The van der Waals surface area contributed by atoms with Gasteiger partial charge in [0.15, 0.2) is 5.78 Å². The van der Waals surface area contributed by atoms with E-state index in [1.807, 2.05) is 69.3 Å². The van der Waals surface area contributed by atoms with Crippen molar-refractivity contribution in [2.45, 2.75) is 52.5 Å². The van der Waals surface area contributed by atoms with Gasteiger partial charge in [0.05, 0.1) is 19.3 Å². The van der Waals surface area contributed by atoms with Crippen molar-refractivity contribution in [3.63, 3.8) is 0 Å². The number of amidine groups is 1. The van der Waals surface area contributed by atoms with Crippen LogP contribution in [0.5, 0.6) is 11.5 Å². The topological polar surface area (TPSA) is 51.1 Å². The molecule has 0 bridgehead atoms. The Morgan fingerprint density at radius 2 is 1.52 bits per heavy atom. The molecule has 1 aliphatic rings. The number of ether oxygens (including phenoxy) is 2. The fraction of sp³-hybridized carbons (Fsp3) is 0.440. The van der Waals surface area contributed by atoms with E-state index < -0.39 is 0 Å². The lowest BCUT2D eigenvalue weighted by atomic mass is 10.0. The van der Waals surface area contributed by atoms with E-state index in [0.29, 0.717) is 18.8 Å². The molecule has 0 spiro atoms. The van der Waals surface area contributed by atoms with Gasteiger partial charge in [-0.1, -0.05) is 6.42 Å². The molecule has 1 atom stereocenters. The van der Waals surface area contributed by atoms with Crippen molar-refractivity contribution in [2.75, 3.05) is 24.7 Å². The second-order valence-electron chi connectivity index (χ2n) is 7.40. The van der Waals surface area contributed by atoms with Crippen molar-refractivity contribution >= 4 is 34.3 Å². The van der Waals surface area contributed by atoms with Crippen LogP contribution in [0, 0.1) is 0 Å². The maximum atomic E-state index is 13.4. The largest absolute Gasteiger partial charge is 0.494 e. The van der Waals surface area contributed by atoms with Gasteiger partial charge in [-0.2, -0.15) is 0 Å². The highest BCUT2D eigenvalue weighted by Gasteiger charge is 2.27. The number of ketones is 1. The molecule has 2 aromatic rings. The molecule has 1 unspecified atom stereocenters. The Hall–Kier alpha value is -2.34. The van der Waals surface area contributed by atoms with Crippen molar-refractivity contribution in [3.8, 4) is 11.5 Å². The average molecular weight is 489 g/mol. The first-order valence-corrected chi connectivity index (χ1v) is 11.0. The summed E-state index contributed by atoms with van der Waals surface area (Å²) in [5.41, 5.74) is 1.64. The minimum atomic E-state index is -0.363. The zero-order chi connectivity index (χ0) is 21.3. The normalized spacial score (nSPS) is 14.5. The number of hydrogen-bond acceptors (Lipinski definition) is 5. The molecule has 1 aliphatic heterocycles. The fourth-order valence-electron chi connectivity index (χ4n) is 3.76. The lowest BCUT2D eigenvalue weighted by Gasteiger charge is -2.31. The average Bonchev–Trinajstić information content (AvgIpc) is 3.05. The molecule has 0 fully saturated rings. The quantitative estimate of drug-likeness (QED) is 0.420. The van der Waals surface area contributed by atoms with Gasteiger partial charge < -0.3 is 14.4 Å². The first kappa shape index (κ1) is 24.9. The highest BCUT2D eigenvalue weighted by atomic mass is 79.9. The summed E-state index contributed by atoms with van der Waals surface area (Å²) in [6, 6.07) is 15.0. The highest BCUT2D eigenvalue weighted by Crippen LogP contribution is 2.26. The van der Waals surface area contributed by atoms with Gasteiger partial charge in [0, 0.05) is 24.2 Å². The molecule has 0 aliphatic carbocycles. The lowest BCUT2D eigenvalue weighted by Crippen LogP contribution is -2.43. The molecule has 0 saturated carbocycles. The summed E-state index contributed by atoms with van der Waals surface area (Å²) in [5, 5.41) is 0. The standard InChI is InChI=1S/C25H32N2O3.BrH/c1-4-29-22-14-10-20(11-15-22)25(28)19(3)27(24-9-7-6-8-18-26-24)21-12-16-23(17-13-21)30-5-2;/h10-17,19H,4-9,18H2,1-3H3;1H. The smallest absolute Gasteiger partial charge is 0.185 e. The Kier molecular flexibility index (Phi) is 10.0. The molecule has 0 aromatic heterocycles. The minimum absolute atomic E-state index is 0. The van der Waals surface area contributed by atoms with E-state index in [9.17, 15) is 4.79 Å². The molecular formula is C25H33BrN2O3. The van der Waals surface area contributed by atoms with E-state index in [1.165, 1.54) is 6.42 Å². The van der Waals surface area contributed by atoms with Crippen LogP contribution in [-0.2, 0) is 0 Å². The summed E-state index contributed by atoms with van der Waals surface area (Å²) >= 11 is 0.